The van der Waals surface area contributed by atoms with E-state index in [0.717, 1.165) is 36.6 Å². The van der Waals surface area contributed by atoms with E-state index in [4.69, 9.17) is 9.73 Å². The van der Waals surface area contributed by atoms with Crippen LogP contribution < -0.4 is 9.64 Å². The van der Waals surface area contributed by atoms with Gasteiger partial charge in [-0.1, -0.05) is 19.8 Å². The van der Waals surface area contributed by atoms with Crippen LogP contribution in [0.4, 0.5) is 10.1 Å². The SMILES string of the molecule is CCN1CCCC1C[N+]1(C2CCCCCC2)CN=CN(c2ccc(OC)c(F)c2)C1. The summed E-state index contributed by atoms with van der Waals surface area (Å²) < 4.78 is 20.6. The summed E-state index contributed by atoms with van der Waals surface area (Å²) in [6, 6.07) is 6.56. The highest BCUT2D eigenvalue weighted by atomic mass is 19.1. The van der Waals surface area contributed by atoms with E-state index in [-0.39, 0.29) is 5.82 Å². The maximum absolute atomic E-state index is 14.4. The summed E-state index contributed by atoms with van der Waals surface area (Å²) in [5.74, 6) is -0.0174. The van der Waals surface area contributed by atoms with E-state index in [1.807, 2.05) is 12.4 Å². The highest BCUT2D eigenvalue weighted by molar-refractivity contribution is 5.79. The van der Waals surface area contributed by atoms with Crippen molar-refractivity contribution in [2.75, 3.05) is 45.0 Å². The van der Waals surface area contributed by atoms with Crippen molar-refractivity contribution in [3.63, 3.8) is 0 Å². The maximum atomic E-state index is 14.4. The van der Waals surface area contributed by atoms with Gasteiger partial charge in [0.2, 0.25) is 0 Å². The largest absolute Gasteiger partial charge is 0.494 e. The van der Waals surface area contributed by atoms with Crippen molar-refractivity contribution >= 4 is 12.0 Å². The first kappa shape index (κ1) is 21.6. The zero-order valence-corrected chi connectivity index (χ0v) is 18.7. The summed E-state index contributed by atoms with van der Waals surface area (Å²) in [4.78, 5) is 9.69. The van der Waals surface area contributed by atoms with Crippen LogP contribution >= 0.6 is 0 Å². The van der Waals surface area contributed by atoms with Gasteiger partial charge in [0.05, 0.1) is 37.8 Å². The smallest absolute Gasteiger partial charge is 0.176 e. The van der Waals surface area contributed by atoms with Gasteiger partial charge >= 0.3 is 0 Å². The minimum Gasteiger partial charge on any atom is -0.494 e. The van der Waals surface area contributed by atoms with E-state index < -0.39 is 0 Å². The fraction of sp³-hybridized carbons (Fsp3) is 0.708. The summed E-state index contributed by atoms with van der Waals surface area (Å²) in [6.07, 6.45) is 12.5. The second-order valence-corrected chi connectivity index (χ2v) is 9.34. The third-order valence-electron chi connectivity index (χ3n) is 7.56. The molecule has 0 spiro atoms. The van der Waals surface area contributed by atoms with Crippen molar-refractivity contribution in [1.82, 2.24) is 4.90 Å². The molecule has 0 amide bonds. The number of likely N-dealkylation sites (N-methyl/N-ethyl adjacent to an activating group) is 1. The Bertz CT molecular complexity index is 734. The molecule has 1 saturated carbocycles. The van der Waals surface area contributed by atoms with Gasteiger partial charge in [-0.3, -0.25) is 14.3 Å². The lowest BCUT2D eigenvalue weighted by atomic mass is 10.0. The number of benzene rings is 1. The van der Waals surface area contributed by atoms with Gasteiger partial charge in [-0.05, 0) is 63.7 Å². The third-order valence-corrected chi connectivity index (χ3v) is 7.56. The molecule has 3 aliphatic rings. The second-order valence-electron chi connectivity index (χ2n) is 9.34. The first-order valence-corrected chi connectivity index (χ1v) is 11.8. The first-order valence-electron chi connectivity index (χ1n) is 11.8. The number of anilines is 1. The standard InChI is InChI=1S/C24H38FN4O/c1-3-27-14-8-9-21(27)16-29(22-10-6-4-5-7-11-22)18-26-17-28(19-29)20-12-13-24(30-2)23(25)15-20/h12-13,15,17,21-22H,3-11,14,16,18-19H2,1-2H3/q+1. The van der Waals surface area contributed by atoms with Gasteiger partial charge in [0.25, 0.3) is 0 Å². The van der Waals surface area contributed by atoms with Crippen LogP contribution in [0.2, 0.25) is 0 Å². The van der Waals surface area contributed by atoms with Crippen LogP contribution in [-0.2, 0) is 0 Å². The zero-order valence-electron chi connectivity index (χ0n) is 18.7. The van der Waals surface area contributed by atoms with Crippen LogP contribution in [0.3, 0.4) is 0 Å². The zero-order chi connectivity index (χ0) is 21.0. The average molecular weight is 418 g/mol. The molecular weight excluding hydrogens is 379 g/mol. The van der Waals surface area contributed by atoms with Crippen LogP contribution in [0.25, 0.3) is 0 Å². The van der Waals surface area contributed by atoms with Gasteiger partial charge in [-0.15, -0.1) is 0 Å². The van der Waals surface area contributed by atoms with Crippen molar-refractivity contribution in [3.05, 3.63) is 24.0 Å². The van der Waals surface area contributed by atoms with Gasteiger partial charge < -0.3 is 4.74 Å². The molecule has 5 nitrogen and oxygen atoms in total. The summed E-state index contributed by atoms with van der Waals surface area (Å²) >= 11 is 0. The number of rotatable bonds is 6. The molecule has 0 radical (unpaired) electrons. The molecule has 0 aromatic heterocycles. The lowest BCUT2D eigenvalue weighted by Crippen LogP contribution is -2.65. The number of hydrogen-bond acceptors (Lipinski definition) is 4. The van der Waals surface area contributed by atoms with Crippen molar-refractivity contribution in [2.24, 2.45) is 4.99 Å². The topological polar surface area (TPSA) is 28.1 Å². The molecule has 0 N–H and O–H groups in total. The van der Waals surface area contributed by atoms with Gasteiger partial charge in [-0.2, -0.15) is 0 Å². The number of nitrogens with zero attached hydrogens (tertiary/aromatic N) is 4. The molecule has 2 fully saturated rings. The summed E-state index contributed by atoms with van der Waals surface area (Å²) in [5.41, 5.74) is 0.867. The number of halogens is 1. The Morgan fingerprint density at radius 3 is 2.63 bits per heavy atom. The van der Waals surface area contributed by atoms with Gasteiger partial charge in [0.15, 0.2) is 24.9 Å². The Balaban J connectivity index is 1.61. The molecule has 2 aliphatic heterocycles. The molecule has 2 unspecified atom stereocenters. The molecule has 6 heteroatoms. The fourth-order valence-corrected chi connectivity index (χ4v) is 5.90. The van der Waals surface area contributed by atoms with Gasteiger partial charge in [0.1, 0.15) is 0 Å². The van der Waals surface area contributed by atoms with Gasteiger partial charge in [-0.25, -0.2) is 9.38 Å². The molecule has 0 bridgehead atoms. The summed E-state index contributed by atoms with van der Waals surface area (Å²) in [7, 11) is 1.51. The minimum atomic E-state index is -0.311. The highest BCUT2D eigenvalue weighted by Gasteiger charge is 2.43. The quantitative estimate of drug-likeness (QED) is 0.499. The Morgan fingerprint density at radius 2 is 1.93 bits per heavy atom. The average Bonchev–Trinajstić information content (AvgIpc) is 3.02. The van der Waals surface area contributed by atoms with E-state index in [1.165, 1.54) is 65.0 Å². The van der Waals surface area contributed by atoms with Crippen LogP contribution in [-0.4, -0.2) is 67.9 Å². The molecule has 1 saturated heterocycles. The maximum Gasteiger partial charge on any atom is 0.176 e. The molecule has 1 aromatic rings. The number of ether oxygens (including phenoxy) is 1. The summed E-state index contributed by atoms with van der Waals surface area (Å²) in [5, 5.41) is 0. The predicted octanol–water partition coefficient (Wildman–Crippen LogP) is 4.62. The fourth-order valence-electron chi connectivity index (χ4n) is 5.90. The van der Waals surface area contributed by atoms with E-state index in [1.54, 1.807) is 12.1 Å². The number of likely N-dealkylation sites (tertiary alicyclic amines) is 1. The number of aliphatic imine (C=N–C) groups is 1. The third kappa shape index (κ3) is 4.50. The Hall–Kier alpha value is -1.66. The van der Waals surface area contributed by atoms with Crippen LogP contribution in [0, 0.1) is 5.82 Å². The number of hydrogen-bond donors (Lipinski definition) is 0. The van der Waals surface area contributed by atoms with Crippen molar-refractivity contribution in [3.8, 4) is 5.75 Å². The van der Waals surface area contributed by atoms with Crippen LogP contribution in [0.15, 0.2) is 23.2 Å². The molecule has 1 aliphatic carbocycles. The monoisotopic (exact) mass is 417 g/mol. The molecule has 2 heterocycles. The predicted molar refractivity (Wildman–Crippen MR) is 121 cm³/mol. The van der Waals surface area contributed by atoms with Crippen molar-refractivity contribution in [1.29, 1.82) is 0 Å². The molecule has 30 heavy (non-hydrogen) atoms. The van der Waals surface area contributed by atoms with E-state index in [0.29, 0.717) is 17.8 Å². The molecule has 166 valence electrons. The lowest BCUT2D eigenvalue weighted by molar-refractivity contribution is -0.953. The van der Waals surface area contributed by atoms with Crippen molar-refractivity contribution in [2.45, 2.75) is 70.4 Å². The minimum absolute atomic E-state index is 0.293. The second kappa shape index (κ2) is 9.65. The Labute approximate surface area is 181 Å². The summed E-state index contributed by atoms with van der Waals surface area (Å²) in [6.45, 7) is 7.54. The molecule has 4 rings (SSSR count). The molecular formula is C24H38FN4O+. The number of methoxy groups -OCH3 is 1. The Morgan fingerprint density at radius 1 is 1.13 bits per heavy atom. The van der Waals surface area contributed by atoms with E-state index in [9.17, 15) is 4.39 Å². The Kier molecular flexibility index (Phi) is 6.94. The molecule has 1 aromatic carbocycles. The normalized spacial score (nSPS) is 28.6. The molecule has 2 atom stereocenters. The van der Waals surface area contributed by atoms with Crippen LogP contribution in [0.1, 0.15) is 58.3 Å². The first-order chi connectivity index (χ1) is 14.6. The highest BCUT2D eigenvalue weighted by Crippen LogP contribution is 2.34. The van der Waals surface area contributed by atoms with Gasteiger partial charge in [0, 0.05) is 6.07 Å². The van der Waals surface area contributed by atoms with E-state index >= 15 is 0 Å². The van der Waals surface area contributed by atoms with Crippen molar-refractivity contribution < 1.29 is 13.6 Å². The van der Waals surface area contributed by atoms with Crippen LogP contribution in [0.5, 0.6) is 5.75 Å². The lowest BCUT2D eigenvalue weighted by Gasteiger charge is -2.49. The number of quaternary nitrogens is 1. The van der Waals surface area contributed by atoms with E-state index in [2.05, 4.69) is 16.7 Å².